The first-order chi connectivity index (χ1) is 16.2. The Hall–Kier alpha value is -2.02. The number of hydrogen-bond donors (Lipinski definition) is 2. The molecule has 0 spiro atoms. The zero-order chi connectivity index (χ0) is 26.0. The Morgan fingerprint density at radius 2 is 1.41 bits per heavy atom. The highest BCUT2D eigenvalue weighted by molar-refractivity contribution is 5.89. The minimum Gasteiger partial charge on any atom is -0.445 e. The lowest BCUT2D eigenvalue weighted by molar-refractivity contribution is -0.173. The second kappa shape index (κ2) is 18.3. The van der Waals surface area contributed by atoms with Crippen LogP contribution in [0.1, 0.15) is 104 Å². The van der Waals surface area contributed by atoms with Gasteiger partial charge in [0.1, 0.15) is 12.6 Å². The van der Waals surface area contributed by atoms with Gasteiger partial charge in [0.05, 0.1) is 6.10 Å². The molecule has 0 aliphatic rings. The van der Waals surface area contributed by atoms with Crippen LogP contribution in [0.4, 0.5) is 0 Å². The second-order valence-corrected chi connectivity index (χ2v) is 9.69. The molecule has 0 bridgehead atoms. The quantitative estimate of drug-likeness (QED) is 0.100. The maximum atomic E-state index is 12.2. The molecule has 0 aromatic heterocycles. The van der Waals surface area contributed by atoms with Crippen molar-refractivity contribution in [1.82, 2.24) is 0 Å². The molecule has 0 heterocycles. The molecule has 0 saturated heterocycles. The molecule has 0 aromatic carbocycles. The molecule has 7 nitrogen and oxygen atoms in total. The van der Waals surface area contributed by atoms with Gasteiger partial charge in [-0.3, -0.25) is 4.79 Å². The fourth-order valence-electron chi connectivity index (χ4n) is 4.49. The molecule has 0 aliphatic carbocycles. The Kier molecular flexibility index (Phi) is 17.2. The molecule has 34 heavy (non-hydrogen) atoms. The Morgan fingerprint density at radius 1 is 0.912 bits per heavy atom. The number of amides is 1. The number of carbonyl (C=O) groups excluding carboxylic acids is 4. The van der Waals surface area contributed by atoms with Crippen LogP contribution in [0.25, 0.3) is 0 Å². The highest BCUT2D eigenvalue weighted by Gasteiger charge is 2.46. The van der Waals surface area contributed by atoms with E-state index < -0.39 is 23.6 Å². The zero-order valence-corrected chi connectivity index (χ0v) is 21.5. The monoisotopic (exact) mass is 481 g/mol. The first-order valence-electron chi connectivity index (χ1n) is 12.9. The molecular formula is C27H47NO6. The van der Waals surface area contributed by atoms with Gasteiger partial charge in [0.2, 0.25) is 0 Å². The maximum absolute atomic E-state index is 12.2. The third-order valence-corrected chi connectivity index (χ3v) is 6.69. The van der Waals surface area contributed by atoms with E-state index >= 15 is 0 Å². The third-order valence-electron chi connectivity index (χ3n) is 6.69. The van der Waals surface area contributed by atoms with Crippen molar-refractivity contribution in [2.24, 2.45) is 23.5 Å². The topological polar surface area (TPSA) is 124 Å². The summed E-state index contributed by atoms with van der Waals surface area (Å²) in [6.07, 6.45) is 12.9. The number of esters is 1. The molecule has 0 rings (SSSR count). The lowest BCUT2D eigenvalue weighted by Gasteiger charge is -2.36. The first kappa shape index (κ1) is 32.0. The van der Waals surface area contributed by atoms with E-state index in [1.807, 2.05) is 0 Å². The van der Waals surface area contributed by atoms with Crippen molar-refractivity contribution in [3.8, 4) is 0 Å². The minimum absolute atomic E-state index is 0.0144. The van der Waals surface area contributed by atoms with E-state index in [2.05, 4.69) is 13.5 Å². The first-order valence-corrected chi connectivity index (χ1v) is 12.9. The second-order valence-electron chi connectivity index (χ2n) is 9.69. The molecule has 0 radical (unpaired) electrons. The van der Waals surface area contributed by atoms with Crippen LogP contribution in [-0.4, -0.2) is 41.3 Å². The van der Waals surface area contributed by atoms with Crippen molar-refractivity contribution in [3.05, 3.63) is 12.7 Å². The van der Waals surface area contributed by atoms with E-state index in [1.54, 1.807) is 6.92 Å². The van der Waals surface area contributed by atoms with Gasteiger partial charge in [0.15, 0.2) is 5.60 Å². The fraction of sp³-hybridized carbons (Fsp3) is 0.778. The highest BCUT2D eigenvalue weighted by atomic mass is 16.6. The predicted molar refractivity (Wildman–Crippen MR) is 134 cm³/mol. The van der Waals surface area contributed by atoms with Crippen molar-refractivity contribution >= 4 is 24.4 Å². The van der Waals surface area contributed by atoms with Crippen LogP contribution in [0, 0.1) is 17.8 Å². The normalized spacial score (nSPS) is 16.5. The summed E-state index contributed by atoms with van der Waals surface area (Å²) in [6.45, 7) is 8.84. The van der Waals surface area contributed by atoms with E-state index in [0.717, 1.165) is 89.3 Å². The molecule has 196 valence electrons. The number of aldehydes is 2. The number of ether oxygens (including phenoxy) is 1. The molecule has 5 unspecified atom stereocenters. The van der Waals surface area contributed by atoms with Crippen molar-refractivity contribution in [3.63, 3.8) is 0 Å². The minimum atomic E-state index is -1.58. The van der Waals surface area contributed by atoms with Gasteiger partial charge < -0.3 is 25.2 Å². The predicted octanol–water partition coefficient (Wildman–Crippen LogP) is 4.68. The van der Waals surface area contributed by atoms with Crippen LogP contribution in [0.5, 0.6) is 0 Å². The van der Waals surface area contributed by atoms with Crippen LogP contribution < -0.4 is 5.73 Å². The van der Waals surface area contributed by atoms with Crippen LogP contribution >= 0.6 is 0 Å². The van der Waals surface area contributed by atoms with Gasteiger partial charge in [0, 0.05) is 30.3 Å². The highest BCUT2D eigenvalue weighted by Crippen LogP contribution is 2.32. The average Bonchev–Trinajstić information content (AvgIpc) is 2.80. The summed E-state index contributed by atoms with van der Waals surface area (Å²) in [5.41, 5.74) is 4.03. The van der Waals surface area contributed by atoms with Gasteiger partial charge in [-0.2, -0.15) is 0 Å². The van der Waals surface area contributed by atoms with Crippen molar-refractivity contribution in [2.45, 2.75) is 116 Å². The number of aliphatic hydroxyl groups excluding tert-OH is 1. The van der Waals surface area contributed by atoms with Gasteiger partial charge in [-0.05, 0) is 39.0 Å². The van der Waals surface area contributed by atoms with Gasteiger partial charge in [0.25, 0.3) is 5.91 Å². The van der Waals surface area contributed by atoms with Gasteiger partial charge >= 0.3 is 5.97 Å². The van der Waals surface area contributed by atoms with Crippen LogP contribution in [0.2, 0.25) is 0 Å². The molecule has 0 fully saturated rings. The molecule has 5 atom stereocenters. The molecule has 7 heteroatoms. The molecular weight excluding hydrogens is 434 g/mol. The lowest BCUT2D eigenvalue weighted by Crippen LogP contribution is -2.54. The third kappa shape index (κ3) is 12.4. The standard InChI is InChI=1S/C27H47NO6/c1-5-7-10-14-23(19-29)16-17-24(20-30)15-12-9-8-11-13-21(3)27(26(28)33,18-22(4)31)34-25(32)6-2/h6,19-24,31H,2,5,7-18H2,1,3-4H3,(H2,28,33). The van der Waals surface area contributed by atoms with E-state index in [4.69, 9.17) is 10.5 Å². The lowest BCUT2D eigenvalue weighted by atomic mass is 9.80. The Bertz CT molecular complexity index is 620. The summed E-state index contributed by atoms with van der Waals surface area (Å²) in [6, 6.07) is 0. The average molecular weight is 482 g/mol. The Labute approximate surface area is 205 Å². The molecule has 0 aromatic rings. The van der Waals surface area contributed by atoms with Crippen molar-refractivity contribution < 1.29 is 29.0 Å². The maximum Gasteiger partial charge on any atom is 0.331 e. The van der Waals surface area contributed by atoms with E-state index in [1.165, 1.54) is 6.92 Å². The summed E-state index contributed by atoms with van der Waals surface area (Å²) < 4.78 is 5.38. The Morgan fingerprint density at radius 3 is 1.82 bits per heavy atom. The number of rotatable bonds is 22. The zero-order valence-electron chi connectivity index (χ0n) is 21.5. The van der Waals surface area contributed by atoms with Crippen LogP contribution in [-0.2, 0) is 23.9 Å². The number of nitrogens with two attached hydrogens (primary N) is 1. The van der Waals surface area contributed by atoms with Gasteiger partial charge in [-0.15, -0.1) is 0 Å². The molecule has 0 saturated carbocycles. The number of primary amides is 1. The number of hydrogen-bond acceptors (Lipinski definition) is 6. The summed E-state index contributed by atoms with van der Waals surface area (Å²) in [4.78, 5) is 46.8. The van der Waals surface area contributed by atoms with E-state index in [9.17, 15) is 24.3 Å². The molecule has 1 amide bonds. The molecule has 0 aliphatic heterocycles. The Balaban J connectivity index is 4.52. The summed E-state index contributed by atoms with van der Waals surface area (Å²) in [5, 5.41) is 9.86. The van der Waals surface area contributed by atoms with Crippen molar-refractivity contribution in [1.29, 1.82) is 0 Å². The largest absolute Gasteiger partial charge is 0.445 e. The molecule has 3 N–H and O–H groups in total. The van der Waals surface area contributed by atoms with Gasteiger partial charge in [-0.1, -0.05) is 65.4 Å². The van der Waals surface area contributed by atoms with Crippen molar-refractivity contribution in [2.75, 3.05) is 0 Å². The SMILES string of the molecule is C=CC(=O)OC(CC(C)O)(C(N)=O)C(C)CCCCCCC(C=O)CCC(C=O)CCCCC. The number of unbranched alkanes of at least 4 members (excludes halogenated alkanes) is 5. The fourth-order valence-corrected chi connectivity index (χ4v) is 4.49. The van der Waals surface area contributed by atoms with E-state index in [-0.39, 0.29) is 24.2 Å². The van der Waals surface area contributed by atoms with Crippen LogP contribution in [0.3, 0.4) is 0 Å². The van der Waals surface area contributed by atoms with E-state index in [0.29, 0.717) is 6.42 Å². The van der Waals surface area contributed by atoms with Gasteiger partial charge in [-0.25, -0.2) is 4.79 Å². The number of aliphatic hydroxyl groups is 1. The summed E-state index contributed by atoms with van der Waals surface area (Å²) in [7, 11) is 0. The number of carbonyl (C=O) groups is 4. The summed E-state index contributed by atoms with van der Waals surface area (Å²) >= 11 is 0. The smallest absolute Gasteiger partial charge is 0.331 e. The van der Waals surface area contributed by atoms with Crippen LogP contribution in [0.15, 0.2) is 12.7 Å². The summed E-state index contributed by atoms with van der Waals surface area (Å²) in [5.74, 6) is -1.84.